The van der Waals surface area contributed by atoms with Crippen LogP contribution in [0.25, 0.3) is 0 Å². The Kier molecular flexibility index (Phi) is 4.49. The number of ether oxygens (including phenoxy) is 1. The van der Waals surface area contributed by atoms with E-state index in [0.29, 0.717) is 16.2 Å². The maximum Gasteiger partial charge on any atom is 0.338 e. The fraction of sp³-hybridized carbons (Fsp3) is 0.150. The largest absolute Gasteiger partial charge is 0.466 e. The van der Waals surface area contributed by atoms with Crippen LogP contribution in [0.2, 0.25) is 0 Å². The number of carbonyl (C=O) groups is 2. The third-order valence-corrected chi connectivity index (χ3v) is 7.00. The molecule has 6 nitrogen and oxygen atoms in total. The van der Waals surface area contributed by atoms with Crippen molar-refractivity contribution in [1.82, 2.24) is 4.90 Å². The molecule has 2 N–H and O–H groups in total. The maximum absolute atomic E-state index is 13.1. The van der Waals surface area contributed by atoms with Crippen LogP contribution in [0.1, 0.15) is 26.7 Å². The number of hydrogen-bond acceptors (Lipinski definition) is 7. The number of esters is 1. The van der Waals surface area contributed by atoms with Crippen LogP contribution in [-0.2, 0) is 9.53 Å². The summed E-state index contributed by atoms with van der Waals surface area (Å²) in [5, 5.41) is 12.4. The van der Waals surface area contributed by atoms with Crippen molar-refractivity contribution in [2.45, 2.75) is 17.7 Å². The lowest BCUT2D eigenvalue weighted by Gasteiger charge is -2.37. The Morgan fingerprint density at radius 2 is 2.07 bits per heavy atom. The molecule has 0 saturated heterocycles. The van der Waals surface area contributed by atoms with Gasteiger partial charge >= 0.3 is 5.97 Å². The molecule has 1 aromatic carbocycles. The minimum absolute atomic E-state index is 0.00523. The number of allylic oxidation sites excluding steroid dienone is 1. The molecular weight excluding hydrogens is 394 g/mol. The van der Waals surface area contributed by atoms with Gasteiger partial charge in [0, 0.05) is 9.77 Å². The fourth-order valence-electron chi connectivity index (χ4n) is 3.41. The Bertz CT molecular complexity index is 1120. The molecule has 1 aromatic heterocycles. The zero-order valence-corrected chi connectivity index (χ0v) is 16.7. The zero-order chi connectivity index (χ0) is 20.0. The third-order valence-electron chi connectivity index (χ3n) is 4.74. The van der Waals surface area contributed by atoms with Crippen LogP contribution >= 0.6 is 23.1 Å². The summed E-state index contributed by atoms with van der Waals surface area (Å²) in [6, 6.07) is 11.3. The number of fused-ring (bicyclic) bond motifs is 2. The minimum atomic E-state index is -0.672. The summed E-state index contributed by atoms with van der Waals surface area (Å²) >= 11 is 2.75. The van der Waals surface area contributed by atoms with Crippen molar-refractivity contribution in [2.75, 3.05) is 7.11 Å². The first kappa shape index (κ1) is 18.3. The maximum atomic E-state index is 13.1. The van der Waals surface area contributed by atoms with Gasteiger partial charge < -0.3 is 10.5 Å². The molecule has 28 heavy (non-hydrogen) atoms. The number of methoxy groups -OCH3 is 1. The summed E-state index contributed by atoms with van der Waals surface area (Å²) in [5.74, 6) is -1.68. The number of nitrogens with zero attached hydrogens (tertiary/aromatic N) is 2. The van der Waals surface area contributed by atoms with Crippen molar-refractivity contribution in [1.29, 1.82) is 5.26 Å². The van der Waals surface area contributed by atoms with E-state index >= 15 is 0 Å². The van der Waals surface area contributed by atoms with Gasteiger partial charge in [0.05, 0.1) is 35.8 Å². The molecule has 1 amide bonds. The van der Waals surface area contributed by atoms with E-state index in [1.54, 1.807) is 12.1 Å². The lowest BCUT2D eigenvalue weighted by atomic mass is 9.86. The number of hydrogen-bond donors (Lipinski definition) is 1. The van der Waals surface area contributed by atoms with Crippen LogP contribution in [0.5, 0.6) is 0 Å². The Morgan fingerprint density at radius 3 is 2.71 bits per heavy atom. The number of aryl methyl sites for hydroxylation is 1. The van der Waals surface area contributed by atoms with E-state index in [9.17, 15) is 14.9 Å². The van der Waals surface area contributed by atoms with Crippen molar-refractivity contribution >= 4 is 35.0 Å². The molecule has 140 valence electrons. The second kappa shape index (κ2) is 6.86. The Hall–Kier alpha value is -3.02. The van der Waals surface area contributed by atoms with Gasteiger partial charge in [-0.3, -0.25) is 9.69 Å². The standard InChI is InChI=1S/C20H15N3O3S2/c1-10-7-8-27-16(10)14-12(9-21)19-23(17(22)15(14)20(25)26-2)18(24)11-5-3-4-6-13(11)28-19/h3-8,14H,22H2,1-2H3. The predicted molar refractivity (Wildman–Crippen MR) is 106 cm³/mol. The second-order valence-corrected chi connectivity index (χ2v) is 8.24. The smallest absolute Gasteiger partial charge is 0.338 e. The molecule has 8 heteroatoms. The molecule has 0 aliphatic carbocycles. The van der Waals surface area contributed by atoms with Crippen LogP contribution in [-0.4, -0.2) is 23.9 Å². The highest BCUT2D eigenvalue weighted by Crippen LogP contribution is 2.50. The topological polar surface area (TPSA) is 96.4 Å². The molecule has 0 bridgehead atoms. The SMILES string of the molecule is COC(=O)C1=C(N)N2C(=O)c3ccccc3SC2=C(C#N)C1c1sccc1C. The van der Waals surface area contributed by atoms with Crippen LogP contribution in [0, 0.1) is 18.3 Å². The van der Waals surface area contributed by atoms with E-state index in [4.69, 9.17) is 10.5 Å². The summed E-state index contributed by atoms with van der Waals surface area (Å²) in [6.07, 6.45) is 0. The summed E-state index contributed by atoms with van der Waals surface area (Å²) in [5.41, 5.74) is 8.20. The first-order valence-electron chi connectivity index (χ1n) is 8.37. The van der Waals surface area contributed by atoms with Gasteiger partial charge in [0.25, 0.3) is 5.91 Å². The van der Waals surface area contributed by atoms with Gasteiger partial charge in [-0.05, 0) is 36.1 Å². The highest BCUT2D eigenvalue weighted by Gasteiger charge is 2.45. The average Bonchev–Trinajstić information content (AvgIpc) is 3.12. The number of thioether (sulfide) groups is 1. The van der Waals surface area contributed by atoms with E-state index in [0.717, 1.165) is 15.3 Å². The number of thiophene rings is 1. The molecular formula is C20H15N3O3S2. The summed E-state index contributed by atoms with van der Waals surface area (Å²) in [7, 11) is 1.26. The van der Waals surface area contributed by atoms with Crippen LogP contribution < -0.4 is 5.73 Å². The number of carbonyl (C=O) groups excluding carboxylic acids is 2. The summed E-state index contributed by atoms with van der Waals surface area (Å²) in [6.45, 7) is 1.91. The van der Waals surface area contributed by atoms with E-state index in [2.05, 4.69) is 6.07 Å². The predicted octanol–water partition coefficient (Wildman–Crippen LogP) is 3.48. The highest BCUT2D eigenvalue weighted by molar-refractivity contribution is 8.03. The minimum Gasteiger partial charge on any atom is -0.466 e. The fourth-order valence-corrected chi connectivity index (χ4v) is 5.62. The number of benzene rings is 1. The molecule has 2 aliphatic heterocycles. The van der Waals surface area contributed by atoms with Gasteiger partial charge in [-0.15, -0.1) is 11.3 Å². The zero-order valence-electron chi connectivity index (χ0n) is 15.1. The van der Waals surface area contributed by atoms with Gasteiger partial charge in [-0.25, -0.2) is 4.79 Å². The molecule has 1 atom stereocenters. The van der Waals surface area contributed by atoms with Gasteiger partial charge in [-0.1, -0.05) is 23.9 Å². The Morgan fingerprint density at radius 1 is 1.32 bits per heavy atom. The van der Waals surface area contributed by atoms with Gasteiger partial charge in [0.2, 0.25) is 0 Å². The van der Waals surface area contributed by atoms with Gasteiger partial charge in [0.15, 0.2) is 0 Å². The quantitative estimate of drug-likeness (QED) is 0.763. The van der Waals surface area contributed by atoms with Crippen LogP contribution in [0.3, 0.4) is 0 Å². The first-order valence-corrected chi connectivity index (χ1v) is 10.1. The molecule has 0 saturated carbocycles. The van der Waals surface area contributed by atoms with E-state index in [1.165, 1.54) is 35.1 Å². The number of nitriles is 1. The first-order chi connectivity index (χ1) is 13.5. The number of amides is 1. The van der Waals surface area contributed by atoms with E-state index in [1.807, 2.05) is 30.5 Å². The average molecular weight is 409 g/mol. The van der Waals surface area contributed by atoms with Crippen LogP contribution in [0.4, 0.5) is 0 Å². The number of rotatable bonds is 2. The van der Waals surface area contributed by atoms with Crippen LogP contribution in [0.15, 0.2) is 62.6 Å². The van der Waals surface area contributed by atoms with Crippen molar-refractivity contribution in [2.24, 2.45) is 5.73 Å². The lowest BCUT2D eigenvalue weighted by molar-refractivity contribution is -0.136. The molecule has 2 aliphatic rings. The Balaban J connectivity index is 2.02. The van der Waals surface area contributed by atoms with Crippen molar-refractivity contribution in [3.05, 3.63) is 73.7 Å². The third kappa shape index (κ3) is 2.55. The highest BCUT2D eigenvalue weighted by atomic mass is 32.2. The van der Waals surface area contributed by atoms with E-state index < -0.39 is 11.9 Å². The van der Waals surface area contributed by atoms with Gasteiger partial charge in [0.1, 0.15) is 10.9 Å². The summed E-state index contributed by atoms with van der Waals surface area (Å²) < 4.78 is 4.96. The van der Waals surface area contributed by atoms with Gasteiger partial charge in [-0.2, -0.15) is 5.26 Å². The van der Waals surface area contributed by atoms with E-state index in [-0.39, 0.29) is 17.3 Å². The number of nitrogens with two attached hydrogens (primary N) is 1. The Labute approximate surface area is 169 Å². The monoisotopic (exact) mass is 409 g/mol. The lowest BCUT2D eigenvalue weighted by Crippen LogP contribution is -2.42. The summed E-state index contributed by atoms with van der Waals surface area (Å²) in [4.78, 5) is 28.6. The molecule has 2 aromatic rings. The molecule has 4 rings (SSSR count). The van der Waals surface area contributed by atoms with Crippen molar-refractivity contribution in [3.8, 4) is 6.07 Å². The molecule has 0 spiro atoms. The molecule has 1 unspecified atom stereocenters. The van der Waals surface area contributed by atoms with Crippen molar-refractivity contribution < 1.29 is 14.3 Å². The second-order valence-electron chi connectivity index (χ2n) is 6.26. The van der Waals surface area contributed by atoms with Crippen molar-refractivity contribution in [3.63, 3.8) is 0 Å². The molecule has 3 heterocycles. The molecule has 0 radical (unpaired) electrons. The molecule has 0 fully saturated rings. The normalized spacial score (nSPS) is 18.5.